The van der Waals surface area contributed by atoms with Gasteiger partial charge in [-0.3, -0.25) is 9.48 Å². The number of hydrogen-bond acceptors (Lipinski definition) is 3. The quantitative estimate of drug-likeness (QED) is 0.842. The second-order valence-corrected chi connectivity index (χ2v) is 4.75. The van der Waals surface area contributed by atoms with E-state index in [1.165, 1.54) is 18.2 Å². The lowest BCUT2D eigenvalue weighted by Crippen LogP contribution is -2.35. The van der Waals surface area contributed by atoms with E-state index in [4.69, 9.17) is 0 Å². The third kappa shape index (κ3) is 3.57. The van der Waals surface area contributed by atoms with Crippen molar-refractivity contribution in [1.29, 1.82) is 0 Å². The van der Waals surface area contributed by atoms with E-state index in [0.717, 1.165) is 0 Å². The summed E-state index contributed by atoms with van der Waals surface area (Å²) < 4.78 is 14.8. The molecule has 6 heteroatoms. The van der Waals surface area contributed by atoms with Crippen molar-refractivity contribution in [3.63, 3.8) is 0 Å². The summed E-state index contributed by atoms with van der Waals surface area (Å²) in [7, 11) is 0. The molecule has 0 saturated heterocycles. The first kappa shape index (κ1) is 13.6. The molecule has 4 nitrogen and oxygen atoms in total. The van der Waals surface area contributed by atoms with Gasteiger partial charge in [0.1, 0.15) is 5.82 Å². The number of amides is 1. The van der Waals surface area contributed by atoms with Crippen molar-refractivity contribution in [2.45, 2.75) is 24.4 Å². The molecule has 2 aromatic rings. The number of nitrogens with zero attached hydrogens (tertiary/aromatic N) is 2. The third-order valence-electron chi connectivity index (χ3n) is 2.61. The maximum atomic E-state index is 13.1. The lowest BCUT2D eigenvalue weighted by atomic mass is 10.2. The summed E-state index contributed by atoms with van der Waals surface area (Å²) in [5.41, 5.74) is 0.388. The zero-order chi connectivity index (χ0) is 13.8. The molecule has 0 spiro atoms. The summed E-state index contributed by atoms with van der Waals surface area (Å²) in [6.45, 7) is 2.46. The summed E-state index contributed by atoms with van der Waals surface area (Å²) in [4.78, 5) is 12.1. The summed E-state index contributed by atoms with van der Waals surface area (Å²) in [5.74, 6) is -0.695. The monoisotopic (exact) mass is 279 g/mol. The largest absolute Gasteiger partial charge is 0.348 e. The molecule has 0 saturated carbocycles. The average Bonchev–Trinajstić information content (AvgIpc) is 2.85. The second kappa shape index (κ2) is 5.88. The number of halogens is 1. The molecular weight excluding hydrogens is 265 g/mol. The van der Waals surface area contributed by atoms with Crippen molar-refractivity contribution < 1.29 is 9.18 Å². The number of rotatable bonds is 4. The van der Waals surface area contributed by atoms with Gasteiger partial charge in [0.2, 0.25) is 0 Å². The SMILES string of the molecule is CC(Cn1cccn1)NC(=O)c1ccc(F)c(S)c1. The maximum Gasteiger partial charge on any atom is 0.251 e. The van der Waals surface area contributed by atoms with Crippen molar-refractivity contribution in [1.82, 2.24) is 15.1 Å². The Morgan fingerprint density at radius 1 is 1.58 bits per heavy atom. The van der Waals surface area contributed by atoms with Crippen molar-refractivity contribution in [3.8, 4) is 0 Å². The van der Waals surface area contributed by atoms with Crippen LogP contribution in [0.1, 0.15) is 17.3 Å². The number of carbonyl (C=O) groups excluding carboxylic acids is 1. The van der Waals surface area contributed by atoms with E-state index in [1.54, 1.807) is 10.9 Å². The molecule has 19 heavy (non-hydrogen) atoms. The van der Waals surface area contributed by atoms with Crippen LogP contribution in [0.3, 0.4) is 0 Å². The zero-order valence-corrected chi connectivity index (χ0v) is 11.3. The molecule has 0 aliphatic heterocycles. The maximum absolute atomic E-state index is 13.1. The highest BCUT2D eigenvalue weighted by Crippen LogP contribution is 2.14. The Morgan fingerprint density at radius 3 is 3.00 bits per heavy atom. The Hall–Kier alpha value is -1.82. The average molecular weight is 279 g/mol. The molecule has 1 aromatic heterocycles. The van der Waals surface area contributed by atoms with Gasteiger partial charge in [0.15, 0.2) is 0 Å². The predicted molar refractivity (Wildman–Crippen MR) is 72.8 cm³/mol. The molecule has 1 aromatic carbocycles. The van der Waals surface area contributed by atoms with Crippen molar-refractivity contribution in [3.05, 3.63) is 48.0 Å². The van der Waals surface area contributed by atoms with Gasteiger partial charge >= 0.3 is 0 Å². The molecule has 1 N–H and O–H groups in total. The molecule has 0 radical (unpaired) electrons. The minimum absolute atomic E-state index is 0.0826. The van der Waals surface area contributed by atoms with Gasteiger partial charge in [-0.15, -0.1) is 12.6 Å². The van der Waals surface area contributed by atoms with Crippen LogP contribution in [0.15, 0.2) is 41.6 Å². The van der Waals surface area contributed by atoms with Crippen molar-refractivity contribution >= 4 is 18.5 Å². The highest BCUT2D eigenvalue weighted by molar-refractivity contribution is 7.80. The van der Waals surface area contributed by atoms with Crippen LogP contribution >= 0.6 is 12.6 Å². The van der Waals surface area contributed by atoms with Crippen LogP contribution in [-0.2, 0) is 6.54 Å². The smallest absolute Gasteiger partial charge is 0.251 e. The highest BCUT2D eigenvalue weighted by Gasteiger charge is 2.11. The van der Waals surface area contributed by atoms with Crippen LogP contribution in [0, 0.1) is 5.82 Å². The summed E-state index contributed by atoms with van der Waals surface area (Å²) in [6, 6.07) is 5.82. The van der Waals surface area contributed by atoms with Crippen LogP contribution in [0.5, 0.6) is 0 Å². The molecule has 1 atom stereocenters. The lowest BCUT2D eigenvalue weighted by Gasteiger charge is -2.14. The van der Waals surface area contributed by atoms with Gasteiger partial charge in [-0.1, -0.05) is 0 Å². The molecule has 2 rings (SSSR count). The minimum Gasteiger partial charge on any atom is -0.348 e. The van der Waals surface area contributed by atoms with E-state index in [0.29, 0.717) is 12.1 Å². The van der Waals surface area contributed by atoms with E-state index in [9.17, 15) is 9.18 Å². The van der Waals surface area contributed by atoms with Crippen LogP contribution in [0.2, 0.25) is 0 Å². The highest BCUT2D eigenvalue weighted by atomic mass is 32.1. The lowest BCUT2D eigenvalue weighted by molar-refractivity contribution is 0.0935. The Balaban J connectivity index is 1.98. The molecule has 1 amide bonds. The minimum atomic E-state index is -0.440. The fraction of sp³-hybridized carbons (Fsp3) is 0.231. The normalized spacial score (nSPS) is 12.2. The summed E-state index contributed by atoms with van der Waals surface area (Å²) in [5, 5.41) is 6.89. The van der Waals surface area contributed by atoms with Gasteiger partial charge in [-0.25, -0.2) is 4.39 Å². The van der Waals surface area contributed by atoms with E-state index >= 15 is 0 Å². The van der Waals surface area contributed by atoms with Crippen LogP contribution in [0.25, 0.3) is 0 Å². The second-order valence-electron chi connectivity index (χ2n) is 4.27. The number of thiol groups is 1. The zero-order valence-electron chi connectivity index (χ0n) is 10.4. The number of hydrogen-bond donors (Lipinski definition) is 2. The summed E-state index contributed by atoms with van der Waals surface area (Å²) >= 11 is 3.96. The Morgan fingerprint density at radius 2 is 2.37 bits per heavy atom. The molecule has 1 unspecified atom stereocenters. The predicted octanol–water partition coefficient (Wildman–Crippen LogP) is 2.13. The van der Waals surface area contributed by atoms with Gasteiger partial charge in [0, 0.05) is 28.9 Å². The number of benzene rings is 1. The van der Waals surface area contributed by atoms with Gasteiger partial charge in [-0.05, 0) is 31.2 Å². The van der Waals surface area contributed by atoms with E-state index in [-0.39, 0.29) is 16.8 Å². The van der Waals surface area contributed by atoms with Crippen molar-refractivity contribution in [2.75, 3.05) is 0 Å². The van der Waals surface area contributed by atoms with Gasteiger partial charge in [-0.2, -0.15) is 5.10 Å². The van der Waals surface area contributed by atoms with E-state index in [1.807, 2.05) is 19.2 Å². The van der Waals surface area contributed by atoms with Crippen LogP contribution < -0.4 is 5.32 Å². The first-order valence-electron chi connectivity index (χ1n) is 5.83. The third-order valence-corrected chi connectivity index (χ3v) is 2.95. The topological polar surface area (TPSA) is 46.9 Å². The molecule has 1 heterocycles. The fourth-order valence-electron chi connectivity index (χ4n) is 1.70. The van der Waals surface area contributed by atoms with Crippen LogP contribution in [-0.4, -0.2) is 21.7 Å². The summed E-state index contributed by atoms with van der Waals surface area (Å²) in [6.07, 6.45) is 3.51. The Labute approximate surface area is 116 Å². The first-order chi connectivity index (χ1) is 9.06. The standard InChI is InChI=1S/C13H14FN3OS/c1-9(8-17-6-2-5-15-17)16-13(18)10-3-4-11(14)12(19)7-10/h2-7,9,19H,8H2,1H3,(H,16,18). The molecule has 0 bridgehead atoms. The molecule has 0 aliphatic rings. The van der Waals surface area contributed by atoms with E-state index < -0.39 is 5.82 Å². The Kier molecular flexibility index (Phi) is 4.21. The molecule has 0 aliphatic carbocycles. The number of aromatic nitrogens is 2. The number of nitrogens with one attached hydrogen (secondary N) is 1. The molecule has 100 valence electrons. The molecular formula is C13H14FN3OS. The van der Waals surface area contributed by atoms with Gasteiger partial charge in [0.05, 0.1) is 6.54 Å². The fourth-order valence-corrected chi connectivity index (χ4v) is 1.91. The Bertz CT molecular complexity index is 571. The van der Waals surface area contributed by atoms with E-state index in [2.05, 4.69) is 23.0 Å². The molecule has 0 fully saturated rings. The number of carbonyl (C=O) groups is 1. The first-order valence-corrected chi connectivity index (χ1v) is 6.28. The van der Waals surface area contributed by atoms with Crippen molar-refractivity contribution in [2.24, 2.45) is 0 Å². The van der Waals surface area contributed by atoms with Crippen LogP contribution in [0.4, 0.5) is 4.39 Å². The van der Waals surface area contributed by atoms with Gasteiger partial charge in [0.25, 0.3) is 5.91 Å². The van der Waals surface area contributed by atoms with Gasteiger partial charge < -0.3 is 5.32 Å².